The maximum Gasteiger partial charge on any atom is 0.0963 e. The predicted molar refractivity (Wildman–Crippen MR) is 35.4 cm³/mol. The summed E-state index contributed by atoms with van der Waals surface area (Å²) in [5.74, 6) is 0. The summed E-state index contributed by atoms with van der Waals surface area (Å²) in [5, 5.41) is 9.10. The highest BCUT2D eigenvalue weighted by atomic mass is 35.5. The molecule has 0 aromatic carbocycles. The van der Waals surface area contributed by atoms with Crippen LogP contribution < -0.4 is 0 Å². The zero-order valence-corrected chi connectivity index (χ0v) is 5.77. The van der Waals surface area contributed by atoms with Gasteiger partial charge in [-0.25, -0.2) is 0 Å². The third-order valence-corrected chi connectivity index (χ3v) is 1.64. The molecule has 0 bridgehead atoms. The van der Waals surface area contributed by atoms with Crippen molar-refractivity contribution >= 4 is 11.6 Å². The van der Waals surface area contributed by atoms with Crippen molar-refractivity contribution in [2.24, 2.45) is 0 Å². The summed E-state index contributed by atoms with van der Waals surface area (Å²) in [4.78, 5) is 0. The Labute approximate surface area is 59.1 Å². The van der Waals surface area contributed by atoms with Crippen LogP contribution in [0, 0.1) is 0 Å². The van der Waals surface area contributed by atoms with Crippen molar-refractivity contribution in [2.75, 3.05) is 13.2 Å². The molecule has 0 heterocycles. The van der Waals surface area contributed by atoms with Gasteiger partial charge in [-0.3, -0.25) is 0 Å². The van der Waals surface area contributed by atoms with Crippen molar-refractivity contribution < 1.29 is 9.84 Å². The van der Waals surface area contributed by atoms with Gasteiger partial charge < -0.3 is 9.84 Å². The Bertz CT molecular complexity index is 122. The summed E-state index contributed by atoms with van der Waals surface area (Å²) in [6.07, 6.45) is 2.86. The molecule has 0 saturated heterocycles. The minimum absolute atomic E-state index is 0.0683. The summed E-state index contributed by atoms with van der Waals surface area (Å²) >= 11 is 5.61. The molecule has 1 rings (SSSR count). The van der Waals surface area contributed by atoms with E-state index < -0.39 is 0 Å². The lowest BCUT2D eigenvalue weighted by Crippen LogP contribution is -2.20. The van der Waals surface area contributed by atoms with E-state index in [-0.39, 0.29) is 12.7 Å². The van der Waals surface area contributed by atoms with E-state index in [1.807, 2.05) is 6.08 Å². The van der Waals surface area contributed by atoms with Crippen LogP contribution in [0.15, 0.2) is 11.1 Å². The van der Waals surface area contributed by atoms with Crippen LogP contribution in [-0.2, 0) is 4.74 Å². The van der Waals surface area contributed by atoms with Gasteiger partial charge in [0.1, 0.15) is 0 Å². The standard InChI is InChI=1S/C6H9ClO2/c7-5-1-2-6(5)9-4-3-8/h1,6,8H,2-4H2/t6-/m0/s1. The number of hydrogen-bond acceptors (Lipinski definition) is 2. The topological polar surface area (TPSA) is 29.5 Å². The molecule has 2 nitrogen and oxygen atoms in total. The average Bonchev–Trinajstić information content (AvgIpc) is 1.86. The maximum absolute atomic E-state index is 8.33. The zero-order valence-electron chi connectivity index (χ0n) is 5.01. The lowest BCUT2D eigenvalue weighted by atomic mass is 10.1. The minimum Gasteiger partial charge on any atom is -0.394 e. The molecule has 0 amide bonds. The molecule has 0 saturated carbocycles. The van der Waals surface area contributed by atoms with Crippen LogP contribution in [-0.4, -0.2) is 24.4 Å². The van der Waals surface area contributed by atoms with E-state index in [0.717, 1.165) is 11.5 Å². The van der Waals surface area contributed by atoms with Crippen molar-refractivity contribution in [1.29, 1.82) is 0 Å². The third-order valence-electron chi connectivity index (χ3n) is 1.24. The first-order chi connectivity index (χ1) is 4.34. The van der Waals surface area contributed by atoms with Gasteiger partial charge in [0, 0.05) is 5.03 Å². The van der Waals surface area contributed by atoms with Crippen molar-refractivity contribution in [2.45, 2.75) is 12.5 Å². The highest BCUT2D eigenvalue weighted by Gasteiger charge is 2.19. The number of rotatable bonds is 3. The Morgan fingerprint density at radius 1 is 1.89 bits per heavy atom. The summed E-state index contributed by atoms with van der Waals surface area (Å²) in [6, 6.07) is 0. The summed E-state index contributed by atoms with van der Waals surface area (Å²) in [6.45, 7) is 0.454. The lowest BCUT2D eigenvalue weighted by Gasteiger charge is -2.21. The molecule has 0 aliphatic heterocycles. The molecule has 0 radical (unpaired) electrons. The van der Waals surface area contributed by atoms with Crippen LogP contribution in [0.4, 0.5) is 0 Å². The van der Waals surface area contributed by atoms with E-state index in [2.05, 4.69) is 0 Å². The molecule has 0 spiro atoms. The van der Waals surface area contributed by atoms with Crippen LogP contribution in [0.3, 0.4) is 0 Å². The van der Waals surface area contributed by atoms with Crippen molar-refractivity contribution in [1.82, 2.24) is 0 Å². The second kappa shape index (κ2) is 3.20. The van der Waals surface area contributed by atoms with Gasteiger partial charge in [0.05, 0.1) is 19.3 Å². The smallest absolute Gasteiger partial charge is 0.0963 e. The molecule has 0 aromatic heterocycles. The lowest BCUT2D eigenvalue weighted by molar-refractivity contribution is 0.0451. The van der Waals surface area contributed by atoms with Crippen LogP contribution in [0.25, 0.3) is 0 Å². The van der Waals surface area contributed by atoms with Gasteiger partial charge >= 0.3 is 0 Å². The normalized spacial score (nSPS) is 25.1. The Balaban J connectivity index is 2.09. The fourth-order valence-electron chi connectivity index (χ4n) is 0.646. The SMILES string of the molecule is OCCO[C@H]1CC=C1Cl. The van der Waals surface area contributed by atoms with E-state index in [4.69, 9.17) is 21.4 Å². The van der Waals surface area contributed by atoms with Crippen molar-refractivity contribution in [3.05, 3.63) is 11.1 Å². The highest BCUT2D eigenvalue weighted by Crippen LogP contribution is 2.25. The number of ether oxygens (including phenoxy) is 1. The van der Waals surface area contributed by atoms with Gasteiger partial charge in [-0.1, -0.05) is 17.7 Å². The molecule has 3 heteroatoms. The average molecular weight is 149 g/mol. The van der Waals surface area contributed by atoms with E-state index in [1.54, 1.807) is 0 Å². The molecule has 1 aliphatic carbocycles. The first-order valence-electron chi connectivity index (χ1n) is 2.92. The van der Waals surface area contributed by atoms with Crippen LogP contribution in [0.5, 0.6) is 0 Å². The van der Waals surface area contributed by atoms with E-state index in [9.17, 15) is 0 Å². The monoisotopic (exact) mass is 148 g/mol. The van der Waals surface area contributed by atoms with Gasteiger partial charge in [-0.15, -0.1) is 0 Å². The Morgan fingerprint density at radius 2 is 2.67 bits per heavy atom. The van der Waals surface area contributed by atoms with Gasteiger partial charge in [0.15, 0.2) is 0 Å². The summed E-state index contributed by atoms with van der Waals surface area (Å²) < 4.78 is 5.09. The second-order valence-corrected chi connectivity index (χ2v) is 2.34. The predicted octanol–water partition coefficient (Wildman–Crippen LogP) is 0.890. The molecule has 52 valence electrons. The largest absolute Gasteiger partial charge is 0.394 e. The Morgan fingerprint density at radius 3 is 3.00 bits per heavy atom. The third kappa shape index (κ3) is 1.68. The molecule has 9 heavy (non-hydrogen) atoms. The molecular weight excluding hydrogens is 140 g/mol. The first-order valence-corrected chi connectivity index (χ1v) is 3.30. The molecule has 0 unspecified atom stereocenters. The Hall–Kier alpha value is -0.0500. The summed E-state index contributed by atoms with van der Waals surface area (Å²) in [7, 11) is 0. The van der Waals surface area contributed by atoms with Crippen LogP contribution in [0.1, 0.15) is 6.42 Å². The molecule has 0 aromatic rings. The number of aliphatic hydroxyl groups is 1. The highest BCUT2D eigenvalue weighted by molar-refractivity contribution is 6.30. The van der Waals surface area contributed by atoms with Gasteiger partial charge in [0.25, 0.3) is 0 Å². The quantitative estimate of drug-likeness (QED) is 0.644. The fourth-order valence-corrected chi connectivity index (χ4v) is 0.887. The maximum atomic E-state index is 8.33. The molecule has 1 N–H and O–H groups in total. The van der Waals surface area contributed by atoms with Gasteiger partial charge in [-0.2, -0.15) is 0 Å². The Kier molecular flexibility index (Phi) is 2.51. The zero-order chi connectivity index (χ0) is 6.69. The van der Waals surface area contributed by atoms with Gasteiger partial charge in [0.2, 0.25) is 0 Å². The molecule has 1 aliphatic rings. The van der Waals surface area contributed by atoms with Crippen molar-refractivity contribution in [3.63, 3.8) is 0 Å². The first kappa shape index (κ1) is 7.06. The second-order valence-electron chi connectivity index (χ2n) is 1.91. The van der Waals surface area contributed by atoms with Crippen molar-refractivity contribution in [3.8, 4) is 0 Å². The van der Waals surface area contributed by atoms with E-state index in [1.165, 1.54) is 0 Å². The number of hydrogen-bond donors (Lipinski definition) is 1. The van der Waals surface area contributed by atoms with E-state index in [0.29, 0.717) is 6.61 Å². The fraction of sp³-hybridized carbons (Fsp3) is 0.667. The summed E-state index contributed by atoms with van der Waals surface area (Å²) in [5.41, 5.74) is 0. The van der Waals surface area contributed by atoms with Gasteiger partial charge in [-0.05, 0) is 6.42 Å². The molecule has 1 atom stereocenters. The number of aliphatic hydroxyl groups excluding tert-OH is 1. The minimum atomic E-state index is 0.0683. The van der Waals surface area contributed by atoms with E-state index >= 15 is 0 Å². The number of halogens is 1. The molecular formula is C6H9ClO2. The molecule has 0 fully saturated rings. The van der Waals surface area contributed by atoms with Crippen LogP contribution >= 0.6 is 11.6 Å². The van der Waals surface area contributed by atoms with Crippen LogP contribution in [0.2, 0.25) is 0 Å².